The highest BCUT2D eigenvalue weighted by Crippen LogP contribution is 2.49. The van der Waals surface area contributed by atoms with Gasteiger partial charge in [-0.1, -0.05) is 12.1 Å². The molecule has 0 amide bonds. The van der Waals surface area contributed by atoms with Gasteiger partial charge in [0.2, 0.25) is 5.95 Å². The fourth-order valence-electron chi connectivity index (χ4n) is 6.26. The summed E-state index contributed by atoms with van der Waals surface area (Å²) >= 11 is 2.06. The van der Waals surface area contributed by atoms with Crippen molar-refractivity contribution in [3.63, 3.8) is 0 Å². The van der Waals surface area contributed by atoms with Crippen LogP contribution in [-0.2, 0) is 6.42 Å². The summed E-state index contributed by atoms with van der Waals surface area (Å²) in [5.74, 6) is 3.13. The highest BCUT2D eigenvalue weighted by molar-refractivity contribution is 8.00. The Balaban J connectivity index is 1.23. The Morgan fingerprint density at radius 3 is 2.63 bits per heavy atom. The fourth-order valence-corrected chi connectivity index (χ4v) is 7.94. The summed E-state index contributed by atoms with van der Waals surface area (Å²) in [6.07, 6.45) is 6.80. The third-order valence-corrected chi connectivity index (χ3v) is 9.80. The van der Waals surface area contributed by atoms with Crippen LogP contribution in [0.4, 0.5) is 10.3 Å². The number of methoxy groups -OCH3 is 1. The summed E-state index contributed by atoms with van der Waals surface area (Å²) in [5.41, 5.74) is 4.82. The van der Waals surface area contributed by atoms with Gasteiger partial charge in [-0.05, 0) is 42.5 Å². The van der Waals surface area contributed by atoms with Gasteiger partial charge in [-0.25, -0.2) is 19.4 Å². The number of rotatable bonds is 8. The van der Waals surface area contributed by atoms with Crippen LogP contribution in [0.5, 0.6) is 5.75 Å². The van der Waals surface area contributed by atoms with E-state index in [4.69, 9.17) is 4.74 Å². The monoisotopic (exact) mass is 540 g/mol. The molecule has 3 N–H and O–H groups in total. The quantitative estimate of drug-likeness (QED) is 0.463. The van der Waals surface area contributed by atoms with Crippen LogP contribution in [0.25, 0.3) is 0 Å². The van der Waals surface area contributed by atoms with E-state index in [1.54, 1.807) is 7.11 Å². The second kappa shape index (κ2) is 11.4. The minimum atomic E-state index is -0.439. The number of piperazine rings is 1. The van der Waals surface area contributed by atoms with Gasteiger partial charge in [0.25, 0.3) is 0 Å². The first kappa shape index (κ1) is 25.8. The number of halogens is 1. The van der Waals surface area contributed by atoms with Crippen molar-refractivity contribution >= 4 is 17.7 Å². The molecule has 38 heavy (non-hydrogen) atoms. The third-order valence-electron chi connectivity index (χ3n) is 8.24. The van der Waals surface area contributed by atoms with Gasteiger partial charge in [0.15, 0.2) is 5.82 Å². The molecule has 1 aromatic heterocycles. The van der Waals surface area contributed by atoms with E-state index >= 15 is 0 Å². The zero-order valence-electron chi connectivity index (χ0n) is 21.9. The molecule has 0 radical (unpaired) electrons. The Kier molecular flexibility index (Phi) is 7.71. The van der Waals surface area contributed by atoms with Gasteiger partial charge in [0.05, 0.1) is 30.9 Å². The Labute approximate surface area is 228 Å². The highest BCUT2D eigenvalue weighted by Gasteiger charge is 2.55. The lowest BCUT2D eigenvalue weighted by molar-refractivity contribution is 0.132. The van der Waals surface area contributed by atoms with Crippen molar-refractivity contribution < 1.29 is 9.13 Å². The second-order valence-corrected chi connectivity index (χ2v) is 11.7. The maximum absolute atomic E-state index is 13.3. The number of nitrogens with one attached hydrogen (secondary N) is 3. The smallest absolute Gasteiger partial charge is 0.228 e. The van der Waals surface area contributed by atoms with Crippen molar-refractivity contribution in [2.75, 3.05) is 70.7 Å². The van der Waals surface area contributed by atoms with E-state index in [9.17, 15) is 4.39 Å². The van der Waals surface area contributed by atoms with Crippen LogP contribution in [0, 0.1) is 11.7 Å². The van der Waals surface area contributed by atoms with Crippen LogP contribution in [-0.4, -0.2) is 101 Å². The number of aromatic nitrogens is 2. The minimum absolute atomic E-state index is 0.103. The van der Waals surface area contributed by atoms with Gasteiger partial charge in [-0.3, -0.25) is 4.90 Å². The predicted octanol–water partition coefficient (Wildman–Crippen LogP) is 1.98. The first-order valence-electron chi connectivity index (χ1n) is 13.5. The molecule has 3 unspecified atom stereocenters. The molecule has 204 valence electrons. The molecule has 5 heterocycles. The van der Waals surface area contributed by atoms with Crippen molar-refractivity contribution in [3.8, 4) is 5.75 Å². The fraction of sp³-hybridized carbons (Fsp3) is 0.556. The molecule has 11 heteroatoms. The zero-order chi connectivity index (χ0) is 26.0. The van der Waals surface area contributed by atoms with Crippen LogP contribution < -0.4 is 20.8 Å². The largest absolute Gasteiger partial charge is 0.497 e. The number of hydrogen-bond donors (Lipinski definition) is 3. The summed E-state index contributed by atoms with van der Waals surface area (Å²) in [7, 11) is 1.71. The van der Waals surface area contributed by atoms with E-state index in [1.165, 1.54) is 18.0 Å². The van der Waals surface area contributed by atoms with Gasteiger partial charge in [0, 0.05) is 57.6 Å². The van der Waals surface area contributed by atoms with E-state index in [0.717, 1.165) is 82.6 Å². The lowest BCUT2D eigenvalue weighted by atomic mass is 9.82. The number of benzene rings is 1. The maximum Gasteiger partial charge on any atom is 0.228 e. The number of hydrogen-bond acceptors (Lipinski definition) is 10. The Morgan fingerprint density at radius 2 is 1.87 bits per heavy atom. The second-order valence-electron chi connectivity index (χ2n) is 10.6. The zero-order valence-corrected chi connectivity index (χ0v) is 22.7. The lowest BCUT2D eigenvalue weighted by Crippen LogP contribution is -2.51. The molecule has 4 aliphatic rings. The minimum Gasteiger partial charge on any atom is -0.497 e. The standard InChI is InChI=1S/C27H37FN8OS/c1-37-23-4-2-20(3-5-23)14-21-18-35(13-12-34-10-7-29-8-11-34)9-6-27-15-24(33-36(27)19-38-25(21)27)32-26-30-16-22(28)17-31-26/h2-5,15-17,21,25,29,33H,6-14,18-19H2,1H3,(H,30,31,32). The summed E-state index contributed by atoms with van der Waals surface area (Å²) in [4.78, 5) is 13.5. The van der Waals surface area contributed by atoms with Crippen LogP contribution in [0.2, 0.25) is 0 Å². The summed E-state index contributed by atoms with van der Waals surface area (Å²) in [6, 6.07) is 8.56. The number of ether oxygens (including phenoxy) is 1. The number of hydrazine groups is 1. The van der Waals surface area contributed by atoms with Crippen LogP contribution in [0.15, 0.2) is 48.6 Å². The molecule has 1 aromatic carbocycles. The molecule has 1 spiro atoms. The molecule has 0 aliphatic carbocycles. The average Bonchev–Trinajstić information content (AvgIpc) is 3.42. The average molecular weight is 541 g/mol. The van der Waals surface area contributed by atoms with Crippen LogP contribution >= 0.6 is 11.8 Å². The number of anilines is 1. The van der Waals surface area contributed by atoms with Crippen molar-refractivity contribution in [1.82, 2.24) is 35.5 Å². The molecule has 9 nitrogen and oxygen atoms in total. The van der Waals surface area contributed by atoms with Crippen molar-refractivity contribution in [1.29, 1.82) is 0 Å². The topological polar surface area (TPSA) is 80.8 Å². The SMILES string of the molecule is COc1ccc(CC2CN(CCN3CCNCC3)CCC34C=C(Nc5ncc(F)cn5)NN3CSC24)cc1. The molecule has 6 rings (SSSR count). The van der Waals surface area contributed by atoms with E-state index in [2.05, 4.69) is 82.9 Å². The molecule has 3 fully saturated rings. The number of likely N-dealkylation sites (tertiary alicyclic amines) is 1. The van der Waals surface area contributed by atoms with Crippen LogP contribution in [0.1, 0.15) is 12.0 Å². The Morgan fingerprint density at radius 1 is 1.11 bits per heavy atom. The maximum atomic E-state index is 13.3. The first-order valence-corrected chi connectivity index (χ1v) is 14.6. The van der Waals surface area contributed by atoms with Gasteiger partial charge in [-0.2, -0.15) is 0 Å². The molecule has 0 saturated carbocycles. The van der Waals surface area contributed by atoms with E-state index < -0.39 is 5.82 Å². The normalized spacial score (nSPS) is 28.2. The predicted molar refractivity (Wildman–Crippen MR) is 148 cm³/mol. The molecular weight excluding hydrogens is 503 g/mol. The van der Waals surface area contributed by atoms with Gasteiger partial charge < -0.3 is 25.7 Å². The molecule has 0 bridgehead atoms. The van der Waals surface area contributed by atoms with E-state index in [1.807, 2.05) is 0 Å². The van der Waals surface area contributed by atoms with Crippen molar-refractivity contribution in [2.45, 2.75) is 23.6 Å². The van der Waals surface area contributed by atoms with Crippen molar-refractivity contribution in [3.05, 3.63) is 59.9 Å². The molecule has 3 atom stereocenters. The van der Waals surface area contributed by atoms with E-state index in [-0.39, 0.29) is 5.54 Å². The lowest BCUT2D eigenvalue weighted by Gasteiger charge is -2.36. The molecular formula is C27H37FN8OS. The molecule has 3 saturated heterocycles. The van der Waals surface area contributed by atoms with Crippen LogP contribution in [0.3, 0.4) is 0 Å². The van der Waals surface area contributed by atoms with Gasteiger partial charge in [0.1, 0.15) is 11.6 Å². The number of nitrogens with zero attached hydrogens (tertiary/aromatic N) is 5. The van der Waals surface area contributed by atoms with E-state index in [0.29, 0.717) is 17.1 Å². The van der Waals surface area contributed by atoms with Gasteiger partial charge >= 0.3 is 0 Å². The van der Waals surface area contributed by atoms with Crippen molar-refractivity contribution in [2.24, 2.45) is 5.92 Å². The van der Waals surface area contributed by atoms with Gasteiger partial charge in [-0.15, -0.1) is 11.8 Å². The summed E-state index contributed by atoms with van der Waals surface area (Å²) in [5, 5.41) is 9.56. The summed E-state index contributed by atoms with van der Waals surface area (Å²) < 4.78 is 18.7. The Hall–Kier alpha value is -2.44. The summed E-state index contributed by atoms with van der Waals surface area (Å²) in [6.45, 7) is 8.79. The third kappa shape index (κ3) is 5.48. The molecule has 2 aromatic rings. The molecule has 4 aliphatic heterocycles. The first-order chi connectivity index (χ1) is 18.6. The highest BCUT2D eigenvalue weighted by atomic mass is 32.2. The number of thioether (sulfide) groups is 1. The Bertz CT molecular complexity index is 1110.